The number of thioether (sulfide) groups is 1. The fraction of sp³-hybridized carbons (Fsp3) is 0.500. The third kappa shape index (κ3) is 5.10. The Labute approximate surface area is 116 Å². The number of hydrogen-bond acceptors (Lipinski definition) is 4. The minimum Gasteiger partial charge on any atom is -0.481 e. The second kappa shape index (κ2) is 5.78. The molecule has 0 aliphatic carbocycles. The Morgan fingerprint density at radius 2 is 2.19 bits per heavy atom. The molecule has 0 aromatic carbocycles. The maximum Gasteiger partial charge on any atom is 0.313 e. The van der Waals surface area contributed by atoms with Crippen molar-refractivity contribution in [3.8, 4) is 0 Å². The van der Waals surface area contributed by atoms with Crippen molar-refractivity contribution in [2.24, 2.45) is 0 Å². The molecule has 0 aliphatic rings. The Hall–Kier alpha value is 0.320. The summed E-state index contributed by atoms with van der Waals surface area (Å²) in [5, 5.41) is 8.53. The molecule has 0 saturated carbocycles. The van der Waals surface area contributed by atoms with Crippen molar-refractivity contribution in [1.82, 2.24) is 4.98 Å². The van der Waals surface area contributed by atoms with Gasteiger partial charge in [0, 0.05) is 11.3 Å². The number of halogens is 3. The maximum atomic E-state index is 10.4. The van der Waals surface area contributed by atoms with E-state index in [-0.39, 0.29) is 12.2 Å². The normalized spacial score (nSPS) is 11.8. The van der Waals surface area contributed by atoms with Gasteiger partial charge in [-0.3, -0.25) is 4.79 Å². The van der Waals surface area contributed by atoms with Crippen LogP contribution >= 0.6 is 57.9 Å². The highest BCUT2D eigenvalue weighted by atomic mass is 35.6. The number of aryl methyl sites for hydroxylation is 1. The first-order valence-corrected chi connectivity index (χ1v) is 7.09. The average molecular weight is 321 g/mol. The lowest BCUT2D eigenvalue weighted by Crippen LogP contribution is -2.06. The molecule has 0 amide bonds. The van der Waals surface area contributed by atoms with Gasteiger partial charge in [0.25, 0.3) is 0 Å². The molecule has 0 saturated heterocycles. The summed E-state index contributed by atoms with van der Waals surface area (Å²) in [5.41, 5.74) is 0.782. The summed E-state index contributed by atoms with van der Waals surface area (Å²) in [6.45, 7) is 1.81. The van der Waals surface area contributed by atoms with Crippen LogP contribution in [0.2, 0.25) is 0 Å². The molecule has 0 spiro atoms. The maximum absolute atomic E-state index is 10.4. The van der Waals surface area contributed by atoms with Crippen LogP contribution in [0, 0.1) is 6.92 Å². The van der Waals surface area contributed by atoms with Crippen LogP contribution in [0.3, 0.4) is 0 Å². The highest BCUT2D eigenvalue weighted by molar-refractivity contribution is 8.01. The zero-order valence-electron chi connectivity index (χ0n) is 8.17. The van der Waals surface area contributed by atoms with E-state index in [0.717, 1.165) is 10.6 Å². The van der Waals surface area contributed by atoms with Crippen molar-refractivity contribution in [3.63, 3.8) is 0 Å². The molecular weight excluding hydrogens is 313 g/mol. The number of hydrogen-bond donors (Lipinski definition) is 1. The molecule has 3 nitrogen and oxygen atoms in total. The van der Waals surface area contributed by atoms with Gasteiger partial charge in [-0.25, -0.2) is 4.98 Å². The third-order valence-corrected chi connectivity index (χ3v) is 4.24. The van der Waals surface area contributed by atoms with Crippen LogP contribution in [0.4, 0.5) is 0 Å². The quantitative estimate of drug-likeness (QED) is 0.681. The summed E-state index contributed by atoms with van der Waals surface area (Å²) < 4.78 is -0.657. The summed E-state index contributed by atoms with van der Waals surface area (Å²) in [7, 11) is 0. The van der Waals surface area contributed by atoms with Crippen LogP contribution in [0.1, 0.15) is 10.6 Å². The number of nitrogens with zero attached hydrogens (tertiary/aromatic N) is 1. The number of rotatable bonds is 4. The number of alkyl halides is 3. The Kier molecular flexibility index (Phi) is 5.19. The van der Waals surface area contributed by atoms with E-state index in [1.54, 1.807) is 0 Å². The van der Waals surface area contributed by atoms with Crippen LogP contribution in [0.5, 0.6) is 0 Å². The van der Waals surface area contributed by atoms with Gasteiger partial charge in [-0.2, -0.15) is 0 Å². The fourth-order valence-electron chi connectivity index (χ4n) is 0.933. The molecule has 0 unspecified atom stereocenters. The summed E-state index contributed by atoms with van der Waals surface area (Å²) in [6, 6.07) is 0. The number of aromatic nitrogens is 1. The number of carboxylic acid groups (broad SMARTS) is 1. The molecule has 1 aromatic rings. The zero-order valence-corrected chi connectivity index (χ0v) is 12.1. The van der Waals surface area contributed by atoms with Gasteiger partial charge in [-0.15, -0.1) is 11.3 Å². The molecule has 1 rings (SSSR count). The van der Waals surface area contributed by atoms with Gasteiger partial charge in [-0.1, -0.05) is 46.6 Å². The lowest BCUT2D eigenvalue weighted by Gasteiger charge is -2.08. The fourth-order valence-corrected chi connectivity index (χ4v) is 3.61. The third-order valence-electron chi connectivity index (χ3n) is 1.55. The molecule has 0 bridgehead atoms. The van der Waals surface area contributed by atoms with Crippen LogP contribution in [0.15, 0.2) is 4.34 Å². The molecular formula is C8H8Cl3NO2S2. The summed E-state index contributed by atoms with van der Waals surface area (Å²) in [6.07, 6.45) is 0.287. The van der Waals surface area contributed by atoms with Crippen molar-refractivity contribution >= 4 is 63.9 Å². The van der Waals surface area contributed by atoms with Crippen LogP contribution in [-0.4, -0.2) is 25.6 Å². The first-order valence-electron chi connectivity index (χ1n) is 4.15. The van der Waals surface area contributed by atoms with Gasteiger partial charge < -0.3 is 5.11 Å². The Balaban J connectivity index is 2.70. The minimum absolute atomic E-state index is 0.0137. The molecule has 90 valence electrons. The first kappa shape index (κ1) is 14.4. The molecule has 0 aliphatic heterocycles. The topological polar surface area (TPSA) is 50.2 Å². The van der Waals surface area contributed by atoms with E-state index in [4.69, 9.17) is 39.9 Å². The van der Waals surface area contributed by atoms with Gasteiger partial charge in [0.05, 0.1) is 11.4 Å². The van der Waals surface area contributed by atoms with Crippen molar-refractivity contribution in [2.75, 3.05) is 5.75 Å². The monoisotopic (exact) mass is 319 g/mol. The predicted molar refractivity (Wildman–Crippen MR) is 69.2 cm³/mol. The van der Waals surface area contributed by atoms with Crippen LogP contribution < -0.4 is 0 Å². The summed E-state index contributed by atoms with van der Waals surface area (Å²) in [5.74, 6) is -0.888. The van der Waals surface area contributed by atoms with Crippen molar-refractivity contribution in [2.45, 2.75) is 21.5 Å². The van der Waals surface area contributed by atoms with E-state index in [1.165, 1.54) is 23.1 Å². The standard InChI is InChI=1S/C8H8Cl3NO2S2/c1-4-5(2-8(9,10)11)16-7(12-4)15-3-6(13)14/h2-3H2,1H3,(H,13,14). The predicted octanol–water partition coefficient (Wildman–Crippen LogP) is 3.54. The summed E-state index contributed by atoms with van der Waals surface area (Å²) in [4.78, 5) is 15.5. The molecule has 16 heavy (non-hydrogen) atoms. The summed E-state index contributed by atoms with van der Waals surface area (Å²) >= 11 is 19.6. The number of aliphatic carboxylic acids is 1. The number of carboxylic acids is 1. The second-order valence-electron chi connectivity index (χ2n) is 2.96. The molecule has 8 heteroatoms. The Bertz CT molecular complexity index is 389. The van der Waals surface area contributed by atoms with Crippen molar-refractivity contribution in [1.29, 1.82) is 0 Å². The zero-order chi connectivity index (χ0) is 12.3. The van der Waals surface area contributed by atoms with Gasteiger partial charge in [0.1, 0.15) is 0 Å². The van der Waals surface area contributed by atoms with E-state index in [0.29, 0.717) is 4.34 Å². The van der Waals surface area contributed by atoms with E-state index in [9.17, 15) is 4.79 Å². The highest BCUT2D eigenvalue weighted by Gasteiger charge is 2.23. The van der Waals surface area contributed by atoms with Crippen molar-refractivity contribution < 1.29 is 9.90 Å². The molecule has 1 N–H and O–H groups in total. The molecule has 1 heterocycles. The van der Waals surface area contributed by atoms with E-state index >= 15 is 0 Å². The highest BCUT2D eigenvalue weighted by Crippen LogP contribution is 2.35. The molecule has 0 fully saturated rings. The molecule has 0 atom stereocenters. The number of thiazole rings is 1. The molecule has 1 aromatic heterocycles. The SMILES string of the molecule is Cc1nc(SCC(=O)O)sc1CC(Cl)(Cl)Cl. The number of carbonyl (C=O) groups is 1. The van der Waals surface area contributed by atoms with Gasteiger partial charge >= 0.3 is 5.97 Å². The lowest BCUT2D eigenvalue weighted by atomic mass is 10.3. The van der Waals surface area contributed by atoms with Gasteiger partial charge in [0.2, 0.25) is 0 Å². The van der Waals surface area contributed by atoms with E-state index in [2.05, 4.69) is 4.98 Å². The van der Waals surface area contributed by atoms with E-state index < -0.39 is 9.76 Å². The molecule has 0 radical (unpaired) electrons. The average Bonchev–Trinajstić information content (AvgIpc) is 2.41. The Morgan fingerprint density at radius 1 is 1.56 bits per heavy atom. The van der Waals surface area contributed by atoms with Crippen LogP contribution in [-0.2, 0) is 11.2 Å². The lowest BCUT2D eigenvalue weighted by molar-refractivity contribution is -0.133. The minimum atomic E-state index is -1.34. The van der Waals surface area contributed by atoms with E-state index in [1.807, 2.05) is 6.92 Å². The van der Waals surface area contributed by atoms with Crippen LogP contribution in [0.25, 0.3) is 0 Å². The second-order valence-corrected chi connectivity index (χ2v) is 7.78. The largest absolute Gasteiger partial charge is 0.481 e. The first-order chi connectivity index (χ1) is 7.28. The Morgan fingerprint density at radius 3 is 2.69 bits per heavy atom. The van der Waals surface area contributed by atoms with Gasteiger partial charge in [-0.05, 0) is 6.92 Å². The smallest absolute Gasteiger partial charge is 0.313 e. The van der Waals surface area contributed by atoms with Gasteiger partial charge in [0.15, 0.2) is 8.13 Å². The van der Waals surface area contributed by atoms with Crippen molar-refractivity contribution in [3.05, 3.63) is 10.6 Å².